The number of ketones is 1. The van der Waals surface area contributed by atoms with Crippen LogP contribution in [0.15, 0.2) is 36.7 Å². The molecule has 116 valence electrons. The Bertz CT molecular complexity index is 631. The normalized spacial score (nSPS) is 10.3. The van der Waals surface area contributed by atoms with Gasteiger partial charge in [-0.05, 0) is 25.5 Å². The lowest BCUT2D eigenvalue weighted by Gasteiger charge is -2.09. The van der Waals surface area contributed by atoms with E-state index in [1.165, 1.54) is 6.33 Å². The molecule has 1 aromatic heterocycles. The molecule has 0 bridgehead atoms. The van der Waals surface area contributed by atoms with E-state index in [2.05, 4.69) is 20.6 Å². The van der Waals surface area contributed by atoms with Crippen LogP contribution in [0.2, 0.25) is 0 Å². The van der Waals surface area contributed by atoms with Crippen LogP contribution in [0.25, 0.3) is 0 Å². The van der Waals surface area contributed by atoms with E-state index in [4.69, 9.17) is 4.74 Å². The Morgan fingerprint density at radius 2 is 2.05 bits per heavy atom. The lowest BCUT2D eigenvalue weighted by Crippen LogP contribution is -2.06. The van der Waals surface area contributed by atoms with Crippen LogP contribution in [-0.2, 0) is 4.74 Å². The number of rotatable bonds is 8. The maximum atomic E-state index is 11.4. The molecule has 2 rings (SSSR count). The van der Waals surface area contributed by atoms with Crippen molar-refractivity contribution in [2.24, 2.45) is 0 Å². The highest BCUT2D eigenvalue weighted by molar-refractivity contribution is 5.95. The Hall–Kier alpha value is -2.47. The fourth-order valence-corrected chi connectivity index (χ4v) is 1.92. The molecule has 6 heteroatoms. The van der Waals surface area contributed by atoms with Crippen molar-refractivity contribution in [1.29, 1.82) is 0 Å². The third-order valence-corrected chi connectivity index (χ3v) is 3.04. The van der Waals surface area contributed by atoms with Crippen LogP contribution < -0.4 is 10.6 Å². The van der Waals surface area contributed by atoms with Gasteiger partial charge in [-0.3, -0.25) is 4.79 Å². The van der Waals surface area contributed by atoms with Gasteiger partial charge in [0.15, 0.2) is 5.78 Å². The molecule has 0 aliphatic carbocycles. The van der Waals surface area contributed by atoms with Gasteiger partial charge in [-0.2, -0.15) is 0 Å². The summed E-state index contributed by atoms with van der Waals surface area (Å²) in [6.45, 7) is 3.04. The molecule has 2 N–H and O–H groups in total. The molecule has 1 aromatic carbocycles. The summed E-state index contributed by atoms with van der Waals surface area (Å²) < 4.78 is 5.00. The zero-order valence-electron chi connectivity index (χ0n) is 12.8. The first-order valence-electron chi connectivity index (χ1n) is 7.12. The molecule has 0 saturated carbocycles. The zero-order chi connectivity index (χ0) is 15.8. The first-order chi connectivity index (χ1) is 10.7. The number of hydrogen-bond acceptors (Lipinski definition) is 6. The van der Waals surface area contributed by atoms with Crippen LogP contribution in [0.1, 0.15) is 23.7 Å². The van der Waals surface area contributed by atoms with E-state index < -0.39 is 0 Å². The molecule has 0 spiro atoms. The van der Waals surface area contributed by atoms with Gasteiger partial charge < -0.3 is 15.4 Å². The largest absolute Gasteiger partial charge is 0.385 e. The fraction of sp³-hybridized carbons (Fsp3) is 0.312. The summed E-state index contributed by atoms with van der Waals surface area (Å²) in [5.74, 6) is 1.45. The number of ether oxygens (including phenoxy) is 1. The molecule has 0 amide bonds. The summed E-state index contributed by atoms with van der Waals surface area (Å²) in [6.07, 6.45) is 2.40. The van der Waals surface area contributed by atoms with E-state index in [0.29, 0.717) is 18.0 Å². The van der Waals surface area contributed by atoms with Crippen molar-refractivity contribution < 1.29 is 9.53 Å². The third kappa shape index (κ3) is 4.82. The molecule has 6 nitrogen and oxygen atoms in total. The minimum absolute atomic E-state index is 0.0341. The zero-order valence-corrected chi connectivity index (χ0v) is 12.8. The van der Waals surface area contributed by atoms with Crippen LogP contribution in [0.5, 0.6) is 0 Å². The van der Waals surface area contributed by atoms with E-state index in [9.17, 15) is 4.79 Å². The SMILES string of the molecule is COCCCNc1cc(Nc2cccc(C(C)=O)c2)ncn1. The summed E-state index contributed by atoms with van der Waals surface area (Å²) in [6, 6.07) is 9.14. The van der Waals surface area contributed by atoms with Gasteiger partial charge in [0.25, 0.3) is 0 Å². The van der Waals surface area contributed by atoms with Gasteiger partial charge in [0, 0.05) is 37.6 Å². The molecule has 0 unspecified atom stereocenters. The van der Waals surface area contributed by atoms with Crippen molar-refractivity contribution in [2.75, 3.05) is 30.9 Å². The van der Waals surface area contributed by atoms with Crippen molar-refractivity contribution in [3.8, 4) is 0 Å². The summed E-state index contributed by atoms with van der Waals surface area (Å²) >= 11 is 0. The van der Waals surface area contributed by atoms with Crippen LogP contribution in [0, 0.1) is 0 Å². The number of aromatic nitrogens is 2. The summed E-state index contributed by atoms with van der Waals surface area (Å²) in [7, 11) is 1.68. The fourth-order valence-electron chi connectivity index (χ4n) is 1.92. The topological polar surface area (TPSA) is 76.1 Å². The number of methoxy groups -OCH3 is 1. The Balaban J connectivity index is 2.00. The smallest absolute Gasteiger partial charge is 0.159 e. The molecule has 0 radical (unpaired) electrons. The monoisotopic (exact) mass is 300 g/mol. The second kappa shape index (κ2) is 8.09. The van der Waals surface area contributed by atoms with Crippen LogP contribution in [0.4, 0.5) is 17.3 Å². The summed E-state index contributed by atoms with van der Waals surface area (Å²) in [4.78, 5) is 19.8. The van der Waals surface area contributed by atoms with Crippen LogP contribution in [0.3, 0.4) is 0 Å². The standard InChI is InChI=1S/C16H20N4O2/c1-12(21)13-5-3-6-14(9-13)20-16-10-15(18-11-19-16)17-7-4-8-22-2/h3,5-6,9-11H,4,7-8H2,1-2H3,(H2,17,18,19,20). The number of anilines is 3. The molecule has 1 heterocycles. The Kier molecular flexibility index (Phi) is 5.85. The van der Waals surface area contributed by atoms with Crippen molar-refractivity contribution in [1.82, 2.24) is 9.97 Å². The van der Waals surface area contributed by atoms with Gasteiger partial charge in [-0.15, -0.1) is 0 Å². The molecule has 0 saturated heterocycles. The Labute approximate surface area is 129 Å². The minimum atomic E-state index is 0.0341. The molecule has 2 aromatic rings. The third-order valence-electron chi connectivity index (χ3n) is 3.04. The number of carbonyl (C=O) groups is 1. The average Bonchev–Trinajstić information content (AvgIpc) is 2.52. The van der Waals surface area contributed by atoms with Crippen molar-refractivity contribution in [3.05, 3.63) is 42.2 Å². The highest BCUT2D eigenvalue weighted by atomic mass is 16.5. The Morgan fingerprint density at radius 3 is 2.82 bits per heavy atom. The first-order valence-corrected chi connectivity index (χ1v) is 7.12. The lowest BCUT2D eigenvalue weighted by atomic mass is 10.1. The van der Waals surface area contributed by atoms with Crippen molar-refractivity contribution in [2.45, 2.75) is 13.3 Å². The lowest BCUT2D eigenvalue weighted by molar-refractivity contribution is 0.101. The van der Waals surface area contributed by atoms with E-state index in [-0.39, 0.29) is 5.78 Å². The number of benzene rings is 1. The number of nitrogens with zero attached hydrogens (tertiary/aromatic N) is 2. The van der Waals surface area contributed by atoms with Gasteiger partial charge in [0.1, 0.15) is 18.0 Å². The number of carbonyl (C=O) groups excluding carboxylic acids is 1. The van der Waals surface area contributed by atoms with Gasteiger partial charge in [-0.25, -0.2) is 9.97 Å². The predicted octanol–water partition coefficient (Wildman–Crippen LogP) is 2.87. The maximum Gasteiger partial charge on any atom is 0.159 e. The molecular weight excluding hydrogens is 280 g/mol. The molecule has 0 aliphatic rings. The van der Waals surface area contributed by atoms with Crippen molar-refractivity contribution in [3.63, 3.8) is 0 Å². The number of hydrogen-bond donors (Lipinski definition) is 2. The molecule has 0 fully saturated rings. The van der Waals surface area contributed by atoms with E-state index in [1.54, 1.807) is 26.2 Å². The van der Waals surface area contributed by atoms with E-state index in [1.807, 2.05) is 18.2 Å². The predicted molar refractivity (Wildman–Crippen MR) is 86.7 cm³/mol. The van der Waals surface area contributed by atoms with Gasteiger partial charge in [-0.1, -0.05) is 12.1 Å². The van der Waals surface area contributed by atoms with Gasteiger partial charge in [0.05, 0.1) is 0 Å². The van der Waals surface area contributed by atoms with Crippen LogP contribution >= 0.6 is 0 Å². The van der Waals surface area contributed by atoms with Gasteiger partial charge >= 0.3 is 0 Å². The van der Waals surface area contributed by atoms with Crippen molar-refractivity contribution >= 4 is 23.1 Å². The summed E-state index contributed by atoms with van der Waals surface area (Å²) in [5.41, 5.74) is 1.48. The average molecular weight is 300 g/mol. The first kappa shape index (κ1) is 15.9. The quantitative estimate of drug-likeness (QED) is 0.576. The second-order valence-electron chi connectivity index (χ2n) is 4.82. The molecule has 0 atom stereocenters. The van der Waals surface area contributed by atoms with E-state index >= 15 is 0 Å². The number of nitrogens with one attached hydrogen (secondary N) is 2. The van der Waals surface area contributed by atoms with Crippen LogP contribution in [-0.4, -0.2) is 36.0 Å². The maximum absolute atomic E-state index is 11.4. The highest BCUT2D eigenvalue weighted by Crippen LogP contribution is 2.17. The molecule has 0 aliphatic heterocycles. The number of Topliss-reactive ketones (excluding diaryl/α,β-unsaturated/α-hetero) is 1. The molecule has 22 heavy (non-hydrogen) atoms. The minimum Gasteiger partial charge on any atom is -0.385 e. The summed E-state index contributed by atoms with van der Waals surface area (Å²) in [5, 5.41) is 6.38. The van der Waals surface area contributed by atoms with E-state index in [0.717, 1.165) is 24.5 Å². The highest BCUT2D eigenvalue weighted by Gasteiger charge is 2.03. The second-order valence-corrected chi connectivity index (χ2v) is 4.82. The molecular formula is C16H20N4O2. The van der Waals surface area contributed by atoms with Gasteiger partial charge in [0.2, 0.25) is 0 Å². The Morgan fingerprint density at radius 1 is 1.23 bits per heavy atom.